The Balaban J connectivity index is 1.49. The fourth-order valence-corrected chi connectivity index (χ4v) is 3.66. The summed E-state index contributed by atoms with van der Waals surface area (Å²) in [7, 11) is 0. The lowest BCUT2D eigenvalue weighted by atomic mass is 9.95. The second-order valence-electron chi connectivity index (χ2n) is 6.32. The van der Waals surface area contributed by atoms with Crippen LogP contribution in [0.4, 0.5) is 0 Å². The highest BCUT2D eigenvalue weighted by Gasteiger charge is 2.29. The molecule has 0 unspecified atom stereocenters. The van der Waals surface area contributed by atoms with Gasteiger partial charge in [-0.05, 0) is 37.7 Å². The normalized spacial score (nSPS) is 15.2. The van der Waals surface area contributed by atoms with E-state index in [0.29, 0.717) is 42.5 Å². The van der Waals surface area contributed by atoms with Crippen LogP contribution in [0.1, 0.15) is 53.3 Å². The molecule has 0 atom stereocenters. The van der Waals surface area contributed by atoms with Gasteiger partial charge in [0, 0.05) is 19.0 Å². The molecule has 0 spiro atoms. The zero-order valence-corrected chi connectivity index (χ0v) is 15.7. The smallest absolute Gasteiger partial charge is 0.267 e. The first-order valence-corrected chi connectivity index (χ1v) is 9.53. The molecule has 1 fully saturated rings. The summed E-state index contributed by atoms with van der Waals surface area (Å²) in [4.78, 5) is 31.5. The van der Waals surface area contributed by atoms with Crippen LogP contribution in [-0.4, -0.2) is 49.5 Å². The van der Waals surface area contributed by atoms with Crippen LogP contribution in [0, 0.1) is 12.8 Å². The molecule has 0 bridgehead atoms. The van der Waals surface area contributed by atoms with Crippen LogP contribution >= 0.6 is 11.5 Å². The summed E-state index contributed by atoms with van der Waals surface area (Å²) in [6.45, 7) is 5.12. The maximum absolute atomic E-state index is 12.7. The average molecular weight is 378 g/mol. The first-order chi connectivity index (χ1) is 12.6. The molecule has 10 heteroatoms. The molecule has 0 aromatic carbocycles. The van der Waals surface area contributed by atoms with Crippen LogP contribution in [0.5, 0.6) is 0 Å². The third-order valence-electron chi connectivity index (χ3n) is 4.37. The Bertz CT molecular complexity index is 766. The molecule has 0 saturated carbocycles. The average Bonchev–Trinajstić information content (AvgIpc) is 3.28. The number of nitrogens with zero attached hydrogens (tertiary/aromatic N) is 5. The fraction of sp³-hybridized carbons (Fsp3) is 0.625. The Hall–Kier alpha value is -2.36. The second-order valence-corrected chi connectivity index (χ2v) is 7.07. The molecule has 1 aliphatic rings. The van der Waals surface area contributed by atoms with E-state index in [9.17, 15) is 9.59 Å². The lowest BCUT2D eigenvalue weighted by Gasteiger charge is -2.31. The van der Waals surface area contributed by atoms with Crippen LogP contribution in [0.3, 0.4) is 0 Å². The minimum Gasteiger partial charge on any atom is -0.347 e. The first-order valence-electron chi connectivity index (χ1n) is 8.76. The van der Waals surface area contributed by atoms with Gasteiger partial charge in [0.2, 0.25) is 11.8 Å². The van der Waals surface area contributed by atoms with Crippen LogP contribution in [0.2, 0.25) is 0 Å². The number of nitrogens with one attached hydrogen (secondary N) is 1. The molecule has 1 aliphatic heterocycles. The number of hydrogen-bond acceptors (Lipinski definition) is 8. The van der Waals surface area contributed by atoms with E-state index >= 15 is 0 Å². The summed E-state index contributed by atoms with van der Waals surface area (Å²) < 4.78 is 8.90. The topological polar surface area (TPSA) is 114 Å². The number of aromatic nitrogens is 4. The van der Waals surface area contributed by atoms with Crippen molar-refractivity contribution in [3.63, 3.8) is 0 Å². The van der Waals surface area contributed by atoms with Gasteiger partial charge < -0.3 is 14.7 Å². The number of likely N-dealkylation sites (tertiary alicyclic amines) is 1. The standard InChI is InChI=1S/C16H22N6O3S/c1-3-4-12-14(26-21-19-12)16(24)22-7-5-11(6-8-22)15(23)17-9-13-18-10(2)20-25-13/h11H,3-9H2,1-2H3,(H,17,23). The quantitative estimate of drug-likeness (QED) is 0.807. The molecule has 1 N–H and O–H groups in total. The predicted octanol–water partition coefficient (Wildman–Crippen LogP) is 1.35. The van der Waals surface area contributed by atoms with Gasteiger partial charge in [0.25, 0.3) is 5.91 Å². The maximum Gasteiger partial charge on any atom is 0.267 e. The molecule has 0 aliphatic carbocycles. The Kier molecular flexibility index (Phi) is 5.92. The van der Waals surface area contributed by atoms with E-state index in [2.05, 4.69) is 25.0 Å². The highest BCUT2D eigenvalue weighted by Crippen LogP contribution is 2.22. The van der Waals surface area contributed by atoms with E-state index in [-0.39, 0.29) is 24.3 Å². The van der Waals surface area contributed by atoms with Crippen molar-refractivity contribution in [2.75, 3.05) is 13.1 Å². The van der Waals surface area contributed by atoms with Gasteiger partial charge in [-0.15, -0.1) is 5.10 Å². The number of hydrogen-bond donors (Lipinski definition) is 1. The van der Waals surface area contributed by atoms with Gasteiger partial charge in [0.05, 0.1) is 12.2 Å². The van der Waals surface area contributed by atoms with Crippen LogP contribution < -0.4 is 5.32 Å². The molecule has 2 aromatic heterocycles. The largest absolute Gasteiger partial charge is 0.347 e. The molecule has 1 saturated heterocycles. The zero-order chi connectivity index (χ0) is 18.5. The van der Waals surface area contributed by atoms with Crippen molar-refractivity contribution >= 4 is 23.3 Å². The summed E-state index contributed by atoms with van der Waals surface area (Å²) in [6, 6.07) is 0. The molecule has 0 radical (unpaired) electrons. The minimum atomic E-state index is -0.113. The van der Waals surface area contributed by atoms with Crippen molar-refractivity contribution in [1.82, 2.24) is 29.9 Å². The Morgan fingerprint density at radius 1 is 1.35 bits per heavy atom. The predicted molar refractivity (Wildman–Crippen MR) is 93.4 cm³/mol. The number of amides is 2. The van der Waals surface area contributed by atoms with E-state index < -0.39 is 0 Å². The lowest BCUT2D eigenvalue weighted by molar-refractivity contribution is -0.126. The van der Waals surface area contributed by atoms with Crippen molar-refractivity contribution in [3.05, 3.63) is 22.3 Å². The molecule has 9 nitrogen and oxygen atoms in total. The van der Waals surface area contributed by atoms with Gasteiger partial charge in [0.15, 0.2) is 5.82 Å². The molecule has 3 heterocycles. The first kappa shape index (κ1) is 18.4. The Morgan fingerprint density at radius 3 is 2.77 bits per heavy atom. The van der Waals surface area contributed by atoms with E-state index in [0.717, 1.165) is 30.1 Å². The Morgan fingerprint density at radius 2 is 2.12 bits per heavy atom. The molecular formula is C16H22N6O3S. The van der Waals surface area contributed by atoms with E-state index in [1.54, 1.807) is 11.8 Å². The van der Waals surface area contributed by atoms with Crippen LogP contribution in [0.15, 0.2) is 4.52 Å². The highest BCUT2D eigenvalue weighted by molar-refractivity contribution is 7.08. The number of aryl methyl sites for hydroxylation is 2. The van der Waals surface area contributed by atoms with Gasteiger partial charge in [-0.2, -0.15) is 4.98 Å². The maximum atomic E-state index is 12.7. The van der Waals surface area contributed by atoms with E-state index in [1.807, 2.05) is 6.92 Å². The molecular weight excluding hydrogens is 356 g/mol. The summed E-state index contributed by atoms with van der Waals surface area (Å²) >= 11 is 1.15. The summed E-state index contributed by atoms with van der Waals surface area (Å²) in [5, 5.41) is 10.6. The van der Waals surface area contributed by atoms with Crippen molar-refractivity contribution in [2.24, 2.45) is 5.92 Å². The lowest BCUT2D eigenvalue weighted by Crippen LogP contribution is -2.43. The highest BCUT2D eigenvalue weighted by atomic mass is 32.1. The third kappa shape index (κ3) is 4.24. The second kappa shape index (κ2) is 8.35. The molecule has 3 rings (SSSR count). The zero-order valence-electron chi connectivity index (χ0n) is 14.9. The van der Waals surface area contributed by atoms with Crippen molar-refractivity contribution in [3.8, 4) is 0 Å². The number of carbonyl (C=O) groups is 2. The molecule has 140 valence electrons. The van der Waals surface area contributed by atoms with Gasteiger partial charge in [-0.1, -0.05) is 23.0 Å². The SMILES string of the molecule is CCCc1nnsc1C(=O)N1CCC(C(=O)NCc2nc(C)no2)CC1. The summed E-state index contributed by atoms with van der Waals surface area (Å²) in [5.74, 6) is 0.756. The van der Waals surface area contributed by atoms with Gasteiger partial charge in [-0.3, -0.25) is 9.59 Å². The third-order valence-corrected chi connectivity index (χ3v) is 5.13. The van der Waals surface area contributed by atoms with Crippen LogP contribution in [-0.2, 0) is 17.8 Å². The minimum absolute atomic E-state index is 0.0244. The monoisotopic (exact) mass is 378 g/mol. The number of carbonyl (C=O) groups excluding carboxylic acids is 2. The molecule has 26 heavy (non-hydrogen) atoms. The van der Waals surface area contributed by atoms with Crippen molar-refractivity contribution < 1.29 is 14.1 Å². The van der Waals surface area contributed by atoms with Gasteiger partial charge in [0.1, 0.15) is 4.88 Å². The Labute approximate surface area is 155 Å². The van der Waals surface area contributed by atoms with Gasteiger partial charge in [-0.25, -0.2) is 0 Å². The van der Waals surface area contributed by atoms with E-state index in [4.69, 9.17) is 4.52 Å². The summed E-state index contributed by atoms with van der Waals surface area (Å²) in [5.41, 5.74) is 0.775. The molecule has 2 aromatic rings. The fourth-order valence-electron chi connectivity index (χ4n) is 2.98. The van der Waals surface area contributed by atoms with E-state index in [1.165, 1.54) is 0 Å². The summed E-state index contributed by atoms with van der Waals surface area (Å²) in [6.07, 6.45) is 2.95. The number of rotatable bonds is 6. The van der Waals surface area contributed by atoms with Crippen molar-refractivity contribution in [1.29, 1.82) is 0 Å². The van der Waals surface area contributed by atoms with Crippen LogP contribution in [0.25, 0.3) is 0 Å². The number of piperidine rings is 1. The molecule has 2 amide bonds. The van der Waals surface area contributed by atoms with Crippen molar-refractivity contribution in [2.45, 2.75) is 46.1 Å². The van der Waals surface area contributed by atoms with Gasteiger partial charge >= 0.3 is 0 Å².